The lowest BCUT2D eigenvalue weighted by Gasteiger charge is -2.35. The summed E-state index contributed by atoms with van der Waals surface area (Å²) in [6.07, 6.45) is 5.95. The summed E-state index contributed by atoms with van der Waals surface area (Å²) in [4.78, 5) is 11.0. The fraction of sp³-hybridized carbons (Fsp3) is 0.406. The van der Waals surface area contributed by atoms with E-state index < -0.39 is 11.6 Å². The molecule has 184 valence electrons. The highest BCUT2D eigenvalue weighted by Crippen LogP contribution is 2.44. The maximum atomic E-state index is 11.2. The van der Waals surface area contributed by atoms with E-state index in [0.29, 0.717) is 0 Å². The lowest BCUT2D eigenvalue weighted by atomic mass is 9.69. The zero-order valence-electron chi connectivity index (χ0n) is 21.5. The highest BCUT2D eigenvalue weighted by atomic mass is 16.4. The van der Waals surface area contributed by atoms with Crippen molar-refractivity contribution in [3.05, 3.63) is 94.0 Å². The molecule has 0 saturated heterocycles. The summed E-state index contributed by atoms with van der Waals surface area (Å²) in [5, 5.41) is 20.2. The van der Waals surface area contributed by atoms with Gasteiger partial charge in [0.1, 0.15) is 0 Å². The van der Waals surface area contributed by atoms with Gasteiger partial charge >= 0.3 is 5.97 Å². The van der Waals surface area contributed by atoms with Crippen molar-refractivity contribution in [3.8, 4) is 11.1 Å². The molecule has 1 aliphatic carbocycles. The second-order valence-electron chi connectivity index (χ2n) is 10.4. The number of carbonyl (C=O) groups is 1. The molecule has 0 unspecified atom stereocenters. The number of benzene rings is 3. The molecule has 0 spiro atoms. The van der Waals surface area contributed by atoms with Crippen LogP contribution in [0.15, 0.2) is 60.7 Å². The van der Waals surface area contributed by atoms with E-state index in [1.807, 2.05) is 24.3 Å². The van der Waals surface area contributed by atoms with Crippen molar-refractivity contribution >= 4 is 5.97 Å². The van der Waals surface area contributed by atoms with Crippen molar-refractivity contribution in [2.24, 2.45) is 0 Å². The number of carboxylic acid groups (broad SMARTS) is 1. The number of aryl methyl sites for hydroxylation is 2. The molecule has 3 heteroatoms. The minimum absolute atomic E-state index is 0.0450. The van der Waals surface area contributed by atoms with E-state index in [9.17, 15) is 9.90 Å². The van der Waals surface area contributed by atoms with E-state index >= 15 is 0 Å². The van der Waals surface area contributed by atoms with E-state index in [2.05, 4.69) is 64.1 Å². The molecule has 0 heterocycles. The molecule has 3 nitrogen and oxygen atoms in total. The Kier molecular flexibility index (Phi) is 7.19. The SMILES string of the molecule is CCC(CC)(c1ccc(-c2ccc(CC(=O)O)cc2)c(C)c1)c1ccc(C2(O)CCCC2)c(C)c1. The fourth-order valence-corrected chi connectivity index (χ4v) is 6.21. The largest absolute Gasteiger partial charge is 0.481 e. The predicted molar refractivity (Wildman–Crippen MR) is 143 cm³/mol. The Balaban J connectivity index is 1.69. The van der Waals surface area contributed by atoms with Crippen LogP contribution in [0.2, 0.25) is 0 Å². The van der Waals surface area contributed by atoms with Gasteiger partial charge in [-0.3, -0.25) is 4.79 Å². The minimum Gasteiger partial charge on any atom is -0.481 e. The van der Waals surface area contributed by atoms with Crippen molar-refractivity contribution < 1.29 is 15.0 Å². The molecule has 0 bridgehead atoms. The first kappa shape index (κ1) is 25.2. The minimum atomic E-state index is -0.811. The van der Waals surface area contributed by atoms with Crippen molar-refractivity contribution in [1.82, 2.24) is 0 Å². The standard InChI is InChI=1S/C32H38O3/c1-5-31(6-2,27-14-16-29(23(4)20-27)32(35)17-7-8-18-32)26-13-15-28(22(3)19-26)25-11-9-24(10-12-25)21-30(33)34/h9-16,19-20,35H,5-8,17-18,21H2,1-4H3,(H,33,34). The Bertz CT molecular complexity index is 1200. The van der Waals surface area contributed by atoms with Crippen LogP contribution in [0.5, 0.6) is 0 Å². The molecule has 1 fully saturated rings. The second-order valence-corrected chi connectivity index (χ2v) is 10.4. The van der Waals surface area contributed by atoms with E-state index in [1.165, 1.54) is 27.8 Å². The normalized spacial score (nSPS) is 15.3. The third kappa shape index (κ3) is 4.79. The lowest BCUT2D eigenvalue weighted by molar-refractivity contribution is -0.136. The number of hydrogen-bond acceptors (Lipinski definition) is 2. The quantitative estimate of drug-likeness (QED) is 0.359. The van der Waals surface area contributed by atoms with Gasteiger partial charge in [-0.05, 0) is 84.0 Å². The summed E-state index contributed by atoms with van der Waals surface area (Å²) < 4.78 is 0. The van der Waals surface area contributed by atoms with Gasteiger partial charge in [-0.15, -0.1) is 0 Å². The van der Waals surface area contributed by atoms with E-state index in [1.54, 1.807) is 0 Å². The van der Waals surface area contributed by atoms with Crippen LogP contribution in [-0.2, 0) is 22.2 Å². The Morgan fingerprint density at radius 2 is 1.43 bits per heavy atom. The fourth-order valence-electron chi connectivity index (χ4n) is 6.21. The van der Waals surface area contributed by atoms with Crippen LogP contribution in [0.25, 0.3) is 11.1 Å². The van der Waals surface area contributed by atoms with Crippen LogP contribution in [-0.4, -0.2) is 16.2 Å². The van der Waals surface area contributed by atoms with Gasteiger partial charge in [0.2, 0.25) is 0 Å². The molecule has 35 heavy (non-hydrogen) atoms. The van der Waals surface area contributed by atoms with Gasteiger partial charge in [0, 0.05) is 5.41 Å². The van der Waals surface area contributed by atoms with Crippen LogP contribution < -0.4 is 0 Å². The summed E-state index contributed by atoms with van der Waals surface area (Å²) in [5.41, 5.74) is 8.47. The van der Waals surface area contributed by atoms with Gasteiger partial charge in [0.15, 0.2) is 0 Å². The summed E-state index contributed by atoms with van der Waals surface area (Å²) in [7, 11) is 0. The van der Waals surface area contributed by atoms with Crippen molar-refractivity contribution in [2.45, 2.75) is 83.7 Å². The van der Waals surface area contributed by atoms with Crippen molar-refractivity contribution in [2.75, 3.05) is 0 Å². The van der Waals surface area contributed by atoms with Crippen LogP contribution in [0.3, 0.4) is 0 Å². The monoisotopic (exact) mass is 470 g/mol. The Labute approximate surface area is 209 Å². The van der Waals surface area contributed by atoms with E-state index in [-0.39, 0.29) is 11.8 Å². The zero-order valence-corrected chi connectivity index (χ0v) is 21.5. The first-order valence-corrected chi connectivity index (χ1v) is 13.0. The molecule has 0 radical (unpaired) electrons. The predicted octanol–water partition coefficient (Wildman–Crippen LogP) is 7.47. The Morgan fingerprint density at radius 3 is 1.94 bits per heavy atom. The zero-order chi connectivity index (χ0) is 25.2. The van der Waals surface area contributed by atoms with Gasteiger partial charge in [0.25, 0.3) is 0 Å². The highest BCUT2D eigenvalue weighted by molar-refractivity contribution is 5.72. The average molecular weight is 471 g/mol. The number of aliphatic carboxylic acids is 1. The van der Waals surface area contributed by atoms with Gasteiger partial charge in [-0.1, -0.05) is 87.4 Å². The smallest absolute Gasteiger partial charge is 0.307 e. The molecule has 3 aromatic carbocycles. The molecule has 4 rings (SSSR count). The first-order valence-electron chi connectivity index (χ1n) is 13.0. The van der Waals surface area contributed by atoms with Crippen LogP contribution >= 0.6 is 0 Å². The van der Waals surface area contributed by atoms with E-state index in [0.717, 1.165) is 55.2 Å². The molecule has 0 atom stereocenters. The molecule has 3 aromatic rings. The summed E-state index contributed by atoms with van der Waals surface area (Å²) in [6.45, 7) is 8.83. The van der Waals surface area contributed by atoms with Crippen LogP contribution in [0, 0.1) is 13.8 Å². The number of carboxylic acids is 1. The van der Waals surface area contributed by atoms with Gasteiger partial charge in [-0.2, -0.15) is 0 Å². The third-order valence-corrected chi connectivity index (χ3v) is 8.32. The molecule has 2 N–H and O–H groups in total. The van der Waals surface area contributed by atoms with Gasteiger partial charge in [-0.25, -0.2) is 0 Å². The highest BCUT2D eigenvalue weighted by Gasteiger charge is 2.36. The van der Waals surface area contributed by atoms with Gasteiger partial charge < -0.3 is 10.2 Å². The molecule has 1 aliphatic rings. The average Bonchev–Trinajstić information content (AvgIpc) is 3.28. The topological polar surface area (TPSA) is 57.5 Å². The number of aliphatic hydroxyl groups is 1. The third-order valence-electron chi connectivity index (χ3n) is 8.32. The second kappa shape index (κ2) is 9.99. The van der Waals surface area contributed by atoms with Gasteiger partial charge in [0.05, 0.1) is 12.0 Å². The number of rotatable bonds is 8. The van der Waals surface area contributed by atoms with E-state index in [4.69, 9.17) is 5.11 Å². The molecular formula is C32H38O3. The molecular weight excluding hydrogens is 432 g/mol. The molecule has 0 amide bonds. The van der Waals surface area contributed by atoms with Crippen molar-refractivity contribution in [1.29, 1.82) is 0 Å². The summed E-state index contributed by atoms with van der Waals surface area (Å²) >= 11 is 0. The molecule has 0 aromatic heterocycles. The Hall–Kier alpha value is -2.91. The molecule has 1 saturated carbocycles. The molecule has 0 aliphatic heterocycles. The van der Waals surface area contributed by atoms with Crippen LogP contribution in [0.1, 0.15) is 85.8 Å². The summed E-state index contributed by atoms with van der Waals surface area (Å²) in [5.74, 6) is -0.811. The first-order chi connectivity index (χ1) is 16.7. The Morgan fingerprint density at radius 1 is 0.857 bits per heavy atom. The maximum absolute atomic E-state index is 11.2. The lowest BCUT2D eigenvalue weighted by Crippen LogP contribution is -2.28. The number of hydrogen-bond donors (Lipinski definition) is 2. The maximum Gasteiger partial charge on any atom is 0.307 e. The van der Waals surface area contributed by atoms with Crippen molar-refractivity contribution in [3.63, 3.8) is 0 Å². The van der Waals surface area contributed by atoms with Crippen LogP contribution in [0.4, 0.5) is 0 Å². The summed E-state index contributed by atoms with van der Waals surface area (Å²) in [6, 6.07) is 21.4.